The Kier molecular flexibility index (Phi) is 10.3. The minimum atomic E-state index is 0. The van der Waals surface area contributed by atoms with Crippen LogP contribution in [-0.4, -0.2) is 50.1 Å². The fraction of sp³-hybridized carbons (Fsp3) is 0.632. The summed E-state index contributed by atoms with van der Waals surface area (Å²) in [7, 11) is 1.69. The molecular formula is C19H31Cl2N3O2. The standard InChI is InChI=1S/C19H29N3O2.2ClH/c1-24-17-8-4-6-15(12-17)18(22-10-2-3-11-22)14-21-19(23)13-16-7-5-9-20-16;;/h4,6,8,12,16,18,20H,2-3,5,7,9-11,13-14H2,1H3,(H,21,23);2*1H. The highest BCUT2D eigenvalue weighted by atomic mass is 35.5. The van der Waals surface area contributed by atoms with Crippen LogP contribution in [-0.2, 0) is 4.79 Å². The third-order valence-electron chi connectivity index (χ3n) is 5.15. The van der Waals surface area contributed by atoms with Crippen LogP contribution in [0.5, 0.6) is 5.75 Å². The van der Waals surface area contributed by atoms with E-state index >= 15 is 0 Å². The van der Waals surface area contributed by atoms with Crippen molar-refractivity contribution in [3.63, 3.8) is 0 Å². The molecule has 26 heavy (non-hydrogen) atoms. The molecule has 2 fully saturated rings. The average molecular weight is 404 g/mol. The predicted molar refractivity (Wildman–Crippen MR) is 110 cm³/mol. The van der Waals surface area contributed by atoms with E-state index in [0.717, 1.165) is 31.8 Å². The summed E-state index contributed by atoms with van der Waals surface area (Å²) in [4.78, 5) is 14.8. The maximum atomic E-state index is 12.3. The molecule has 1 aromatic carbocycles. The molecule has 7 heteroatoms. The number of hydrogen-bond acceptors (Lipinski definition) is 4. The van der Waals surface area contributed by atoms with E-state index in [1.54, 1.807) is 7.11 Å². The number of nitrogens with one attached hydrogen (secondary N) is 2. The van der Waals surface area contributed by atoms with Gasteiger partial charge in [0.25, 0.3) is 0 Å². The number of carbonyl (C=O) groups is 1. The van der Waals surface area contributed by atoms with Gasteiger partial charge in [0.05, 0.1) is 13.2 Å². The molecule has 2 atom stereocenters. The molecule has 2 aliphatic heterocycles. The van der Waals surface area contributed by atoms with Gasteiger partial charge in [0.1, 0.15) is 5.75 Å². The molecule has 3 rings (SSSR count). The highest BCUT2D eigenvalue weighted by Gasteiger charge is 2.25. The van der Waals surface area contributed by atoms with Gasteiger partial charge in [-0.05, 0) is 63.0 Å². The number of ether oxygens (including phenoxy) is 1. The third-order valence-corrected chi connectivity index (χ3v) is 5.15. The van der Waals surface area contributed by atoms with E-state index in [1.165, 1.54) is 24.8 Å². The van der Waals surface area contributed by atoms with E-state index in [0.29, 0.717) is 19.0 Å². The number of amides is 1. The number of benzene rings is 1. The Bertz CT molecular complexity index is 547. The van der Waals surface area contributed by atoms with Crippen molar-refractivity contribution < 1.29 is 9.53 Å². The van der Waals surface area contributed by atoms with Crippen molar-refractivity contribution in [2.75, 3.05) is 33.3 Å². The molecule has 1 aromatic rings. The number of methoxy groups -OCH3 is 1. The predicted octanol–water partition coefficient (Wildman–Crippen LogP) is 2.93. The zero-order valence-electron chi connectivity index (χ0n) is 15.4. The van der Waals surface area contributed by atoms with Crippen molar-refractivity contribution in [1.29, 1.82) is 0 Å². The minimum absolute atomic E-state index is 0. The Balaban J connectivity index is 0.00000169. The van der Waals surface area contributed by atoms with Crippen molar-refractivity contribution in [2.24, 2.45) is 0 Å². The molecule has 0 bridgehead atoms. The fourth-order valence-electron chi connectivity index (χ4n) is 3.80. The molecule has 0 aromatic heterocycles. The molecule has 0 spiro atoms. The van der Waals surface area contributed by atoms with E-state index in [-0.39, 0.29) is 36.8 Å². The average Bonchev–Trinajstić information content (AvgIpc) is 3.29. The van der Waals surface area contributed by atoms with Gasteiger partial charge in [-0.3, -0.25) is 9.69 Å². The van der Waals surface area contributed by atoms with E-state index in [1.807, 2.05) is 12.1 Å². The highest BCUT2D eigenvalue weighted by Crippen LogP contribution is 2.27. The molecule has 2 unspecified atom stereocenters. The summed E-state index contributed by atoms with van der Waals surface area (Å²) in [5.74, 6) is 1.03. The molecule has 0 radical (unpaired) electrons. The first kappa shape index (κ1) is 23.0. The molecule has 5 nitrogen and oxygen atoms in total. The van der Waals surface area contributed by atoms with Crippen LogP contribution in [0, 0.1) is 0 Å². The SMILES string of the molecule is COc1cccc(C(CNC(=O)CC2CCCN2)N2CCCC2)c1.Cl.Cl. The molecule has 2 aliphatic rings. The second-order valence-corrected chi connectivity index (χ2v) is 6.84. The molecule has 148 valence electrons. The van der Waals surface area contributed by atoms with Crippen molar-refractivity contribution >= 4 is 30.7 Å². The Morgan fingerprint density at radius 2 is 2.08 bits per heavy atom. The number of carbonyl (C=O) groups excluding carboxylic acids is 1. The van der Waals surface area contributed by atoms with Gasteiger partial charge < -0.3 is 15.4 Å². The number of hydrogen-bond donors (Lipinski definition) is 2. The maximum absolute atomic E-state index is 12.3. The lowest BCUT2D eigenvalue weighted by atomic mass is 10.0. The Morgan fingerprint density at radius 3 is 2.73 bits per heavy atom. The summed E-state index contributed by atoms with van der Waals surface area (Å²) >= 11 is 0. The van der Waals surface area contributed by atoms with Crippen LogP contribution < -0.4 is 15.4 Å². The van der Waals surface area contributed by atoms with Crippen LogP contribution in [0.15, 0.2) is 24.3 Å². The summed E-state index contributed by atoms with van der Waals surface area (Å²) in [6, 6.07) is 8.80. The van der Waals surface area contributed by atoms with Crippen LogP contribution in [0.4, 0.5) is 0 Å². The Hall–Kier alpha value is -1.01. The van der Waals surface area contributed by atoms with E-state index in [4.69, 9.17) is 4.74 Å². The number of likely N-dealkylation sites (tertiary alicyclic amines) is 1. The smallest absolute Gasteiger partial charge is 0.221 e. The summed E-state index contributed by atoms with van der Waals surface area (Å²) in [6.07, 6.45) is 5.35. The minimum Gasteiger partial charge on any atom is -0.497 e. The van der Waals surface area contributed by atoms with Gasteiger partial charge in [-0.1, -0.05) is 12.1 Å². The second-order valence-electron chi connectivity index (χ2n) is 6.84. The maximum Gasteiger partial charge on any atom is 0.221 e. The number of nitrogens with zero attached hydrogens (tertiary/aromatic N) is 1. The van der Waals surface area contributed by atoms with Crippen LogP contribution in [0.2, 0.25) is 0 Å². The monoisotopic (exact) mass is 403 g/mol. The Labute approximate surface area is 169 Å². The zero-order chi connectivity index (χ0) is 16.8. The van der Waals surface area contributed by atoms with Crippen LogP contribution in [0.3, 0.4) is 0 Å². The first-order valence-corrected chi connectivity index (χ1v) is 9.14. The summed E-state index contributed by atoms with van der Waals surface area (Å²) in [5, 5.41) is 6.55. The fourth-order valence-corrected chi connectivity index (χ4v) is 3.80. The highest BCUT2D eigenvalue weighted by molar-refractivity contribution is 5.85. The lowest BCUT2D eigenvalue weighted by Gasteiger charge is -2.28. The molecule has 1 amide bonds. The van der Waals surface area contributed by atoms with Crippen molar-refractivity contribution in [3.8, 4) is 5.75 Å². The lowest BCUT2D eigenvalue weighted by Crippen LogP contribution is -2.38. The molecule has 0 saturated carbocycles. The van der Waals surface area contributed by atoms with Crippen LogP contribution in [0.25, 0.3) is 0 Å². The van der Waals surface area contributed by atoms with E-state index < -0.39 is 0 Å². The van der Waals surface area contributed by atoms with Crippen LogP contribution in [0.1, 0.15) is 43.7 Å². The summed E-state index contributed by atoms with van der Waals surface area (Å²) in [6.45, 7) is 3.90. The largest absolute Gasteiger partial charge is 0.497 e. The molecule has 2 N–H and O–H groups in total. The topological polar surface area (TPSA) is 53.6 Å². The zero-order valence-corrected chi connectivity index (χ0v) is 17.0. The number of halogens is 2. The van der Waals surface area contributed by atoms with Gasteiger partial charge in [0, 0.05) is 19.0 Å². The van der Waals surface area contributed by atoms with E-state index in [9.17, 15) is 4.79 Å². The Morgan fingerprint density at radius 1 is 1.31 bits per heavy atom. The van der Waals surface area contributed by atoms with Gasteiger partial charge in [-0.2, -0.15) is 0 Å². The van der Waals surface area contributed by atoms with Gasteiger partial charge in [0.2, 0.25) is 5.91 Å². The first-order chi connectivity index (χ1) is 11.8. The van der Waals surface area contributed by atoms with Gasteiger partial charge in [0.15, 0.2) is 0 Å². The molecule has 2 heterocycles. The summed E-state index contributed by atoms with van der Waals surface area (Å²) < 4.78 is 5.37. The second kappa shape index (κ2) is 11.7. The molecular weight excluding hydrogens is 373 g/mol. The lowest BCUT2D eigenvalue weighted by molar-refractivity contribution is -0.121. The van der Waals surface area contributed by atoms with Gasteiger partial charge in [-0.25, -0.2) is 0 Å². The van der Waals surface area contributed by atoms with Gasteiger partial charge in [-0.15, -0.1) is 24.8 Å². The molecule has 0 aliphatic carbocycles. The summed E-state index contributed by atoms with van der Waals surface area (Å²) in [5.41, 5.74) is 1.22. The van der Waals surface area contributed by atoms with Crippen molar-refractivity contribution in [2.45, 2.75) is 44.2 Å². The quantitative estimate of drug-likeness (QED) is 0.734. The third kappa shape index (κ3) is 6.31. The van der Waals surface area contributed by atoms with Crippen molar-refractivity contribution in [3.05, 3.63) is 29.8 Å². The normalized spacial score (nSPS) is 20.7. The van der Waals surface area contributed by atoms with Crippen LogP contribution >= 0.6 is 24.8 Å². The molecule has 2 saturated heterocycles. The van der Waals surface area contributed by atoms with Gasteiger partial charge >= 0.3 is 0 Å². The van der Waals surface area contributed by atoms with Crippen molar-refractivity contribution in [1.82, 2.24) is 15.5 Å². The first-order valence-electron chi connectivity index (χ1n) is 9.14. The van der Waals surface area contributed by atoms with E-state index in [2.05, 4.69) is 27.7 Å². The number of rotatable bonds is 7.